The maximum atomic E-state index is 12.5. The van der Waals surface area contributed by atoms with Crippen molar-refractivity contribution in [3.05, 3.63) is 109 Å². The SMILES string of the molecule is O=C(Cc1ccc(NS)cc1)Nc1ccc(-c2ccc3ncc(N4CCN(Cc5cccnc5)CC4)nc3c2)cc1. The minimum Gasteiger partial charge on any atom is -0.353 e. The van der Waals surface area contributed by atoms with E-state index < -0.39 is 0 Å². The van der Waals surface area contributed by atoms with Crippen molar-refractivity contribution in [2.45, 2.75) is 13.0 Å². The summed E-state index contributed by atoms with van der Waals surface area (Å²) in [5, 5.41) is 2.98. The predicted octanol–water partition coefficient (Wildman–Crippen LogP) is 5.45. The molecule has 8 nitrogen and oxygen atoms in total. The first-order valence-electron chi connectivity index (χ1n) is 13.7. The fourth-order valence-electron chi connectivity index (χ4n) is 5.05. The van der Waals surface area contributed by atoms with E-state index >= 15 is 0 Å². The molecule has 1 fully saturated rings. The number of carbonyl (C=O) groups is 1. The molecule has 3 heterocycles. The van der Waals surface area contributed by atoms with Gasteiger partial charge in [-0.3, -0.25) is 19.7 Å². The quantitative estimate of drug-likeness (QED) is 0.217. The zero-order valence-corrected chi connectivity index (χ0v) is 23.5. The van der Waals surface area contributed by atoms with E-state index in [4.69, 9.17) is 4.98 Å². The first-order valence-corrected chi connectivity index (χ1v) is 14.1. The molecule has 0 radical (unpaired) electrons. The smallest absolute Gasteiger partial charge is 0.228 e. The average molecular weight is 562 g/mol. The van der Waals surface area contributed by atoms with Crippen LogP contribution in [0.15, 0.2) is 97.5 Å². The lowest BCUT2D eigenvalue weighted by molar-refractivity contribution is -0.115. The van der Waals surface area contributed by atoms with Crippen molar-refractivity contribution in [1.29, 1.82) is 0 Å². The van der Waals surface area contributed by atoms with Crippen LogP contribution in [0.25, 0.3) is 22.2 Å². The number of pyridine rings is 1. The Labute approximate surface area is 245 Å². The minimum absolute atomic E-state index is 0.0595. The monoisotopic (exact) mass is 561 g/mol. The molecule has 1 amide bonds. The van der Waals surface area contributed by atoms with Crippen LogP contribution in [0, 0.1) is 0 Å². The number of thiol groups is 1. The van der Waals surface area contributed by atoms with Gasteiger partial charge < -0.3 is 14.9 Å². The van der Waals surface area contributed by atoms with Gasteiger partial charge in [0.25, 0.3) is 0 Å². The Hall–Kier alpha value is -4.47. The number of carbonyl (C=O) groups excluding carboxylic acids is 1. The Morgan fingerprint density at radius 3 is 2.29 bits per heavy atom. The number of hydrogen-bond acceptors (Lipinski definition) is 8. The molecule has 9 heteroatoms. The highest BCUT2D eigenvalue weighted by atomic mass is 32.1. The van der Waals surface area contributed by atoms with Gasteiger partial charge in [-0.2, -0.15) is 0 Å². The number of piperazine rings is 1. The van der Waals surface area contributed by atoms with Crippen LogP contribution in [-0.4, -0.2) is 51.9 Å². The normalized spacial score (nSPS) is 13.7. The lowest BCUT2D eigenvalue weighted by Crippen LogP contribution is -2.46. The van der Waals surface area contributed by atoms with Crippen LogP contribution in [0.1, 0.15) is 11.1 Å². The Morgan fingerprint density at radius 2 is 1.56 bits per heavy atom. The number of amides is 1. The molecule has 41 heavy (non-hydrogen) atoms. The van der Waals surface area contributed by atoms with Gasteiger partial charge in [0, 0.05) is 56.5 Å². The van der Waals surface area contributed by atoms with Crippen LogP contribution < -0.4 is 14.9 Å². The number of fused-ring (bicyclic) bond motifs is 1. The molecular formula is C32H31N7OS. The zero-order valence-electron chi connectivity index (χ0n) is 22.6. The summed E-state index contributed by atoms with van der Waals surface area (Å²) >= 11 is 4.03. The van der Waals surface area contributed by atoms with E-state index in [1.54, 1.807) is 0 Å². The molecule has 0 saturated carbocycles. The number of anilines is 3. The molecule has 3 aromatic carbocycles. The summed E-state index contributed by atoms with van der Waals surface area (Å²) in [7, 11) is 0. The van der Waals surface area contributed by atoms with Gasteiger partial charge in [0.1, 0.15) is 5.82 Å². The summed E-state index contributed by atoms with van der Waals surface area (Å²) in [5.74, 6) is 0.848. The molecule has 0 atom stereocenters. The van der Waals surface area contributed by atoms with Crippen molar-refractivity contribution in [2.75, 3.05) is 41.1 Å². The highest BCUT2D eigenvalue weighted by Crippen LogP contribution is 2.26. The van der Waals surface area contributed by atoms with Gasteiger partial charge in [0.15, 0.2) is 0 Å². The average Bonchev–Trinajstić information content (AvgIpc) is 3.02. The number of nitrogens with zero attached hydrogens (tertiary/aromatic N) is 5. The lowest BCUT2D eigenvalue weighted by Gasteiger charge is -2.35. The summed E-state index contributed by atoms with van der Waals surface area (Å²) in [6.07, 6.45) is 5.93. The second-order valence-corrected chi connectivity index (χ2v) is 10.4. The van der Waals surface area contributed by atoms with Gasteiger partial charge >= 0.3 is 0 Å². The fraction of sp³-hybridized carbons (Fsp3) is 0.188. The summed E-state index contributed by atoms with van der Waals surface area (Å²) in [6, 6.07) is 25.8. The first-order chi connectivity index (χ1) is 20.1. The van der Waals surface area contributed by atoms with Crippen molar-refractivity contribution >= 4 is 46.9 Å². The number of benzene rings is 3. The minimum atomic E-state index is -0.0595. The van der Waals surface area contributed by atoms with Gasteiger partial charge in [-0.15, -0.1) is 0 Å². The predicted molar refractivity (Wildman–Crippen MR) is 168 cm³/mol. The van der Waals surface area contributed by atoms with Gasteiger partial charge in [0.05, 0.1) is 23.7 Å². The molecular weight excluding hydrogens is 530 g/mol. The first kappa shape index (κ1) is 26.7. The van der Waals surface area contributed by atoms with E-state index in [9.17, 15) is 4.79 Å². The summed E-state index contributed by atoms with van der Waals surface area (Å²) < 4.78 is 2.78. The molecule has 0 aliphatic carbocycles. The Bertz CT molecular complexity index is 1620. The topological polar surface area (TPSA) is 86.3 Å². The standard InChI is InChI=1S/C32H31N7OS/c40-32(18-23-3-8-28(37-41)9-4-23)35-27-10-5-25(6-11-27)26-7-12-29-30(19-26)36-31(21-34-29)39-16-14-38(15-17-39)22-24-2-1-13-33-20-24/h1-13,19-21,37,41H,14-18,22H2,(H,35,40). The van der Waals surface area contributed by atoms with Crippen molar-refractivity contribution in [3.8, 4) is 11.1 Å². The molecule has 206 valence electrons. The van der Waals surface area contributed by atoms with E-state index in [-0.39, 0.29) is 5.91 Å². The van der Waals surface area contributed by atoms with Gasteiger partial charge in [-0.25, -0.2) is 4.98 Å². The van der Waals surface area contributed by atoms with Gasteiger partial charge in [0.2, 0.25) is 5.91 Å². The molecule has 1 saturated heterocycles. The third-order valence-electron chi connectivity index (χ3n) is 7.30. The molecule has 6 rings (SSSR count). The highest BCUT2D eigenvalue weighted by Gasteiger charge is 2.19. The van der Waals surface area contributed by atoms with E-state index in [0.717, 1.165) is 77.6 Å². The van der Waals surface area contributed by atoms with Crippen LogP contribution in [0.2, 0.25) is 0 Å². The van der Waals surface area contributed by atoms with E-state index in [1.165, 1.54) is 5.56 Å². The fourth-order valence-corrected chi connectivity index (χ4v) is 5.20. The van der Waals surface area contributed by atoms with Crippen LogP contribution in [0.4, 0.5) is 17.2 Å². The second kappa shape index (κ2) is 12.4. The van der Waals surface area contributed by atoms with Crippen LogP contribution >= 0.6 is 12.8 Å². The molecule has 2 N–H and O–H groups in total. The molecule has 0 unspecified atom stereocenters. The van der Waals surface area contributed by atoms with Crippen molar-refractivity contribution in [1.82, 2.24) is 19.9 Å². The highest BCUT2D eigenvalue weighted by molar-refractivity contribution is 7.81. The third-order valence-corrected chi connectivity index (χ3v) is 7.56. The molecule has 2 aromatic heterocycles. The molecule has 0 spiro atoms. The summed E-state index contributed by atoms with van der Waals surface area (Å²) in [5.41, 5.74) is 7.68. The Kier molecular flexibility index (Phi) is 8.06. The van der Waals surface area contributed by atoms with Crippen molar-refractivity contribution in [2.24, 2.45) is 0 Å². The van der Waals surface area contributed by atoms with E-state index in [2.05, 4.69) is 60.8 Å². The zero-order chi connectivity index (χ0) is 28.0. The Balaban J connectivity index is 1.09. The maximum absolute atomic E-state index is 12.5. The number of nitrogens with one attached hydrogen (secondary N) is 2. The number of rotatable bonds is 8. The molecule has 5 aromatic rings. The molecule has 0 bridgehead atoms. The molecule has 1 aliphatic rings. The second-order valence-electron chi connectivity index (χ2n) is 10.2. The van der Waals surface area contributed by atoms with E-state index in [0.29, 0.717) is 6.42 Å². The van der Waals surface area contributed by atoms with Gasteiger partial charge in [-0.1, -0.05) is 49.2 Å². The van der Waals surface area contributed by atoms with Gasteiger partial charge in [-0.05, 0) is 64.7 Å². The summed E-state index contributed by atoms with van der Waals surface area (Å²) in [4.78, 5) is 31.2. The Morgan fingerprint density at radius 1 is 0.805 bits per heavy atom. The van der Waals surface area contributed by atoms with Crippen LogP contribution in [-0.2, 0) is 17.8 Å². The third kappa shape index (κ3) is 6.65. The number of hydrogen-bond donors (Lipinski definition) is 3. The largest absolute Gasteiger partial charge is 0.353 e. The number of aromatic nitrogens is 3. The van der Waals surface area contributed by atoms with Crippen molar-refractivity contribution in [3.63, 3.8) is 0 Å². The lowest BCUT2D eigenvalue weighted by atomic mass is 10.0. The van der Waals surface area contributed by atoms with Crippen LogP contribution in [0.3, 0.4) is 0 Å². The molecule has 1 aliphatic heterocycles. The van der Waals surface area contributed by atoms with Crippen LogP contribution in [0.5, 0.6) is 0 Å². The van der Waals surface area contributed by atoms with E-state index in [1.807, 2.05) is 79.3 Å². The summed E-state index contributed by atoms with van der Waals surface area (Å²) in [6.45, 7) is 4.67. The van der Waals surface area contributed by atoms with Crippen molar-refractivity contribution < 1.29 is 4.79 Å². The maximum Gasteiger partial charge on any atom is 0.228 e.